The number of hydrogen-bond acceptors (Lipinski definition) is 3. The number of anilines is 1. The van der Waals surface area contributed by atoms with Crippen molar-refractivity contribution in [3.05, 3.63) is 36.0 Å². The first-order chi connectivity index (χ1) is 6.40. The van der Waals surface area contributed by atoms with Crippen molar-refractivity contribution < 1.29 is 0 Å². The molecule has 0 unspecified atom stereocenters. The molecule has 3 nitrogen and oxygen atoms in total. The van der Waals surface area contributed by atoms with Gasteiger partial charge in [0.2, 0.25) is 0 Å². The molecule has 0 aliphatic carbocycles. The lowest BCUT2D eigenvalue weighted by molar-refractivity contribution is 1.41. The number of aliphatic imine (C=N–C) groups is 1. The summed E-state index contributed by atoms with van der Waals surface area (Å²) in [5, 5.41) is 11.5. The molecular weight excluding hydrogens is 162 g/mol. The topological polar surface area (TPSA) is 48.2 Å². The minimum Gasteiger partial charge on any atom is -0.352 e. The van der Waals surface area contributed by atoms with E-state index in [-0.39, 0.29) is 0 Å². The zero-order chi connectivity index (χ0) is 9.10. The maximum Gasteiger partial charge on any atom is 0.0934 e. The summed E-state index contributed by atoms with van der Waals surface area (Å²) in [5.74, 6) is 0. The Labute approximate surface area is 76.0 Å². The van der Waals surface area contributed by atoms with E-state index in [4.69, 9.17) is 5.26 Å². The van der Waals surface area contributed by atoms with Crippen molar-refractivity contribution >= 4 is 17.6 Å². The minimum atomic E-state index is 0.723. The van der Waals surface area contributed by atoms with Crippen molar-refractivity contribution in [2.75, 3.05) is 5.32 Å². The Morgan fingerprint density at radius 3 is 3.08 bits per heavy atom. The number of hydrogen-bond donors (Lipinski definition) is 1. The highest BCUT2D eigenvalue weighted by atomic mass is 15.0. The molecule has 0 radical (unpaired) electrons. The first-order valence-electron chi connectivity index (χ1n) is 3.90. The van der Waals surface area contributed by atoms with Gasteiger partial charge in [0.05, 0.1) is 29.4 Å². The lowest BCUT2D eigenvalue weighted by atomic mass is 10.2. The van der Waals surface area contributed by atoms with Crippen LogP contribution < -0.4 is 5.32 Å². The highest BCUT2D eigenvalue weighted by Crippen LogP contribution is 2.27. The van der Waals surface area contributed by atoms with Crippen LogP contribution in [-0.2, 0) is 0 Å². The summed E-state index contributed by atoms with van der Waals surface area (Å²) >= 11 is 0. The van der Waals surface area contributed by atoms with Gasteiger partial charge in [0.15, 0.2) is 0 Å². The molecule has 0 fully saturated rings. The summed E-state index contributed by atoms with van der Waals surface area (Å²) in [6.45, 7) is 0. The normalized spacial score (nSPS) is 16.1. The van der Waals surface area contributed by atoms with E-state index in [1.165, 1.54) is 6.08 Å². The van der Waals surface area contributed by atoms with Gasteiger partial charge in [-0.25, -0.2) is 0 Å². The molecule has 0 atom stereocenters. The molecule has 1 aromatic rings. The van der Waals surface area contributed by atoms with Gasteiger partial charge in [-0.1, -0.05) is 12.1 Å². The van der Waals surface area contributed by atoms with Gasteiger partial charge in [-0.3, -0.25) is 4.99 Å². The largest absolute Gasteiger partial charge is 0.352 e. The number of para-hydroxylation sites is 2. The van der Waals surface area contributed by atoms with Crippen LogP contribution in [0.15, 0.2) is 41.0 Å². The van der Waals surface area contributed by atoms with E-state index in [9.17, 15) is 0 Å². The third-order valence-electron chi connectivity index (χ3n) is 1.75. The summed E-state index contributed by atoms with van der Waals surface area (Å²) < 4.78 is 0. The number of rotatable bonds is 0. The van der Waals surface area contributed by atoms with Crippen LogP contribution in [0, 0.1) is 11.3 Å². The summed E-state index contributed by atoms with van der Waals surface area (Å²) in [6, 6.07) is 9.65. The molecule has 0 bridgehead atoms. The number of allylic oxidation sites excluding steroid dienone is 2. The maximum absolute atomic E-state index is 8.44. The Kier molecular flexibility index (Phi) is 1.81. The van der Waals surface area contributed by atoms with Gasteiger partial charge >= 0.3 is 0 Å². The fraction of sp³-hybridized carbons (Fsp3) is 0. The third kappa shape index (κ3) is 1.42. The second-order valence-corrected chi connectivity index (χ2v) is 2.63. The third-order valence-corrected chi connectivity index (χ3v) is 1.75. The molecule has 1 N–H and O–H groups in total. The average molecular weight is 169 g/mol. The fourth-order valence-corrected chi connectivity index (χ4v) is 1.16. The molecule has 0 saturated carbocycles. The molecule has 3 heteroatoms. The Balaban J connectivity index is 2.41. The van der Waals surface area contributed by atoms with E-state index in [2.05, 4.69) is 10.3 Å². The van der Waals surface area contributed by atoms with Crippen molar-refractivity contribution in [3.63, 3.8) is 0 Å². The fourth-order valence-electron chi connectivity index (χ4n) is 1.16. The summed E-state index contributed by atoms with van der Waals surface area (Å²) in [4.78, 5) is 4.19. The van der Waals surface area contributed by atoms with Crippen molar-refractivity contribution in [2.24, 2.45) is 4.99 Å². The van der Waals surface area contributed by atoms with E-state index >= 15 is 0 Å². The Morgan fingerprint density at radius 2 is 2.23 bits per heavy atom. The molecule has 0 aromatic heterocycles. The Bertz CT molecular complexity index is 424. The van der Waals surface area contributed by atoms with Crippen LogP contribution in [0.1, 0.15) is 0 Å². The number of nitrogens with one attached hydrogen (secondary N) is 1. The van der Waals surface area contributed by atoms with E-state index in [1.807, 2.05) is 30.3 Å². The second kappa shape index (κ2) is 3.11. The van der Waals surface area contributed by atoms with Crippen LogP contribution >= 0.6 is 0 Å². The molecule has 1 heterocycles. The SMILES string of the molecule is N#CC=C1C=Nc2ccccc2N1. The summed E-state index contributed by atoms with van der Waals surface area (Å²) in [5.41, 5.74) is 2.56. The minimum absolute atomic E-state index is 0.723. The zero-order valence-electron chi connectivity index (χ0n) is 6.86. The van der Waals surface area contributed by atoms with Crippen molar-refractivity contribution in [1.82, 2.24) is 0 Å². The standard InChI is InChI=1S/C10H7N3/c11-6-5-8-7-12-9-3-1-2-4-10(9)13-8/h1-5,7,13H. The number of nitriles is 1. The first-order valence-corrected chi connectivity index (χ1v) is 3.90. The predicted octanol–water partition coefficient (Wildman–Crippen LogP) is 2.22. The average Bonchev–Trinajstić information content (AvgIpc) is 2.18. The van der Waals surface area contributed by atoms with Crippen LogP contribution in [0.4, 0.5) is 11.4 Å². The maximum atomic E-state index is 8.44. The van der Waals surface area contributed by atoms with Gasteiger partial charge in [0, 0.05) is 6.08 Å². The van der Waals surface area contributed by atoms with Crippen LogP contribution in [0.5, 0.6) is 0 Å². The van der Waals surface area contributed by atoms with Gasteiger partial charge in [0.25, 0.3) is 0 Å². The molecule has 0 amide bonds. The monoisotopic (exact) mass is 169 g/mol. The van der Waals surface area contributed by atoms with Crippen molar-refractivity contribution in [3.8, 4) is 6.07 Å². The van der Waals surface area contributed by atoms with Crippen LogP contribution in [-0.4, -0.2) is 6.21 Å². The molecule has 1 aliphatic rings. The van der Waals surface area contributed by atoms with E-state index in [0.29, 0.717) is 0 Å². The molecule has 2 rings (SSSR count). The summed E-state index contributed by atoms with van der Waals surface area (Å²) in [6.07, 6.45) is 3.07. The Hall–Kier alpha value is -2.08. The van der Waals surface area contributed by atoms with Gasteiger partial charge in [-0.15, -0.1) is 0 Å². The lowest BCUT2D eigenvalue weighted by Crippen LogP contribution is -2.04. The van der Waals surface area contributed by atoms with Crippen LogP contribution in [0.3, 0.4) is 0 Å². The molecule has 0 saturated heterocycles. The zero-order valence-corrected chi connectivity index (χ0v) is 6.86. The summed E-state index contributed by atoms with van der Waals surface area (Å²) in [7, 11) is 0. The van der Waals surface area contributed by atoms with Gasteiger partial charge < -0.3 is 5.32 Å². The van der Waals surface area contributed by atoms with Gasteiger partial charge in [0.1, 0.15) is 0 Å². The van der Waals surface area contributed by atoms with Crippen molar-refractivity contribution in [1.29, 1.82) is 5.26 Å². The molecule has 1 aromatic carbocycles. The van der Waals surface area contributed by atoms with E-state index < -0.39 is 0 Å². The predicted molar refractivity (Wildman–Crippen MR) is 51.9 cm³/mol. The second-order valence-electron chi connectivity index (χ2n) is 2.63. The first kappa shape index (κ1) is 7.56. The molecule has 62 valence electrons. The van der Waals surface area contributed by atoms with Crippen LogP contribution in [0.2, 0.25) is 0 Å². The van der Waals surface area contributed by atoms with Crippen LogP contribution in [0.25, 0.3) is 0 Å². The smallest absolute Gasteiger partial charge is 0.0934 e. The molecular formula is C10H7N3. The van der Waals surface area contributed by atoms with Crippen molar-refractivity contribution in [2.45, 2.75) is 0 Å². The highest BCUT2D eigenvalue weighted by molar-refractivity contribution is 5.92. The molecule has 0 spiro atoms. The number of fused-ring (bicyclic) bond motifs is 1. The van der Waals surface area contributed by atoms with Gasteiger partial charge in [-0.2, -0.15) is 5.26 Å². The number of nitrogens with zero attached hydrogens (tertiary/aromatic N) is 2. The van der Waals surface area contributed by atoms with E-state index in [0.717, 1.165) is 17.1 Å². The van der Waals surface area contributed by atoms with Gasteiger partial charge in [-0.05, 0) is 12.1 Å². The quantitative estimate of drug-likeness (QED) is 0.605. The number of benzene rings is 1. The van der Waals surface area contributed by atoms with E-state index in [1.54, 1.807) is 6.21 Å². The molecule has 1 aliphatic heterocycles. The molecule has 13 heavy (non-hydrogen) atoms. The Morgan fingerprint density at radius 1 is 1.38 bits per heavy atom. The highest BCUT2D eigenvalue weighted by Gasteiger charge is 2.05. The lowest BCUT2D eigenvalue weighted by Gasteiger charge is -2.12.